The Bertz CT molecular complexity index is 729. The smallest absolute Gasteiger partial charge is 0.251 e. The average Bonchev–Trinajstić information content (AvgIpc) is 2.78. The van der Waals surface area contributed by atoms with Crippen molar-refractivity contribution in [1.82, 2.24) is 24.8 Å². The number of rotatable bonds is 0. The van der Waals surface area contributed by atoms with E-state index in [1.165, 1.54) is 16.8 Å². The molecule has 0 saturated carbocycles. The van der Waals surface area contributed by atoms with Crippen molar-refractivity contribution in [2.24, 2.45) is 0 Å². The summed E-state index contributed by atoms with van der Waals surface area (Å²) in [4.78, 5) is 26.7. The van der Waals surface area contributed by atoms with Gasteiger partial charge in [0.1, 0.15) is 6.33 Å². The first-order valence-corrected chi connectivity index (χ1v) is 11.0. The molecule has 6 heteroatoms. The van der Waals surface area contributed by atoms with Crippen LogP contribution < -0.4 is 5.56 Å². The van der Waals surface area contributed by atoms with Gasteiger partial charge in [0.2, 0.25) is 0 Å². The van der Waals surface area contributed by atoms with Gasteiger partial charge < -0.3 is 14.8 Å². The van der Waals surface area contributed by atoms with Crippen molar-refractivity contribution in [3.63, 3.8) is 0 Å². The van der Waals surface area contributed by atoms with Crippen LogP contribution in [-0.4, -0.2) is 51.9 Å². The summed E-state index contributed by atoms with van der Waals surface area (Å²) < 4.78 is 0. The van der Waals surface area contributed by atoms with Crippen LogP contribution in [-0.2, 0) is 25.9 Å². The first-order valence-electron chi connectivity index (χ1n) is 11.0. The van der Waals surface area contributed by atoms with Crippen LogP contribution in [0.2, 0.25) is 0 Å². The molecule has 164 valence electrons. The number of aromatic amines is 1. The largest absolute Gasteiger partial charge is 0.329 e. The summed E-state index contributed by atoms with van der Waals surface area (Å²) in [6.45, 7) is 16.0. The molecule has 0 amide bonds. The SMILES string of the molecule is CC.CC.CC.CN1CCc2c(cc[nH]c2=O)C1.CN1CCc2ncncc2C1. The van der Waals surface area contributed by atoms with E-state index in [1.807, 2.05) is 53.8 Å². The van der Waals surface area contributed by atoms with E-state index in [-0.39, 0.29) is 5.56 Å². The molecule has 0 saturated heterocycles. The summed E-state index contributed by atoms with van der Waals surface area (Å²) in [6, 6.07) is 1.99. The van der Waals surface area contributed by atoms with Gasteiger partial charge in [-0.3, -0.25) is 4.79 Å². The Morgan fingerprint density at radius 2 is 1.48 bits per heavy atom. The van der Waals surface area contributed by atoms with Gasteiger partial charge in [-0.1, -0.05) is 41.5 Å². The van der Waals surface area contributed by atoms with Crippen LogP contribution in [0.1, 0.15) is 63.9 Å². The van der Waals surface area contributed by atoms with Crippen LogP contribution in [0.15, 0.2) is 29.6 Å². The average molecular weight is 404 g/mol. The highest BCUT2D eigenvalue weighted by Crippen LogP contribution is 2.13. The van der Waals surface area contributed by atoms with Crippen molar-refractivity contribution < 1.29 is 0 Å². The maximum Gasteiger partial charge on any atom is 0.251 e. The summed E-state index contributed by atoms with van der Waals surface area (Å²) >= 11 is 0. The van der Waals surface area contributed by atoms with Crippen LogP contribution in [0, 0.1) is 0 Å². The van der Waals surface area contributed by atoms with Crippen molar-refractivity contribution in [2.45, 2.75) is 67.5 Å². The molecule has 0 aromatic carbocycles. The number of H-pyrrole nitrogens is 1. The third kappa shape index (κ3) is 8.88. The lowest BCUT2D eigenvalue weighted by atomic mass is 10.0. The molecule has 2 aliphatic heterocycles. The van der Waals surface area contributed by atoms with Gasteiger partial charge in [0.05, 0.1) is 0 Å². The number of nitrogens with zero attached hydrogens (tertiary/aromatic N) is 4. The topological polar surface area (TPSA) is 65.1 Å². The molecule has 0 radical (unpaired) electrons. The lowest BCUT2D eigenvalue weighted by Gasteiger charge is -2.23. The predicted molar refractivity (Wildman–Crippen MR) is 123 cm³/mol. The monoisotopic (exact) mass is 403 g/mol. The second-order valence-corrected chi connectivity index (χ2v) is 6.28. The number of nitrogens with one attached hydrogen (secondary N) is 1. The summed E-state index contributed by atoms with van der Waals surface area (Å²) in [5.74, 6) is 0. The Morgan fingerprint density at radius 3 is 2.14 bits per heavy atom. The molecule has 0 bridgehead atoms. The molecular weight excluding hydrogens is 362 g/mol. The minimum Gasteiger partial charge on any atom is -0.329 e. The van der Waals surface area contributed by atoms with Crippen molar-refractivity contribution in [2.75, 3.05) is 27.2 Å². The maximum absolute atomic E-state index is 11.3. The summed E-state index contributed by atoms with van der Waals surface area (Å²) in [5.41, 5.74) is 4.73. The van der Waals surface area contributed by atoms with Gasteiger partial charge >= 0.3 is 0 Å². The normalized spacial score (nSPS) is 14.6. The molecule has 0 unspecified atom stereocenters. The minimum atomic E-state index is 0.0839. The molecule has 2 aliphatic rings. The fraction of sp³-hybridized carbons (Fsp3) is 0.609. The summed E-state index contributed by atoms with van der Waals surface area (Å²) in [7, 11) is 4.19. The zero-order valence-corrected chi connectivity index (χ0v) is 19.7. The quantitative estimate of drug-likeness (QED) is 0.722. The fourth-order valence-electron chi connectivity index (χ4n) is 3.05. The molecule has 6 nitrogen and oxygen atoms in total. The van der Waals surface area contributed by atoms with Crippen LogP contribution in [0.5, 0.6) is 0 Å². The van der Waals surface area contributed by atoms with Crippen molar-refractivity contribution in [3.8, 4) is 0 Å². The van der Waals surface area contributed by atoms with E-state index in [1.54, 1.807) is 12.5 Å². The fourth-order valence-corrected chi connectivity index (χ4v) is 3.05. The number of aromatic nitrogens is 3. The first kappa shape index (κ1) is 27.0. The Morgan fingerprint density at radius 1 is 0.897 bits per heavy atom. The summed E-state index contributed by atoms with van der Waals surface area (Å²) in [6.07, 6.45) is 7.21. The third-order valence-corrected chi connectivity index (χ3v) is 4.40. The van der Waals surface area contributed by atoms with Gasteiger partial charge in [-0.05, 0) is 32.1 Å². The number of fused-ring (bicyclic) bond motifs is 2. The van der Waals surface area contributed by atoms with Crippen LogP contribution in [0.4, 0.5) is 0 Å². The van der Waals surface area contributed by atoms with E-state index in [2.05, 4.69) is 38.8 Å². The zero-order chi connectivity index (χ0) is 22.2. The van der Waals surface area contributed by atoms with E-state index in [0.29, 0.717) is 0 Å². The third-order valence-electron chi connectivity index (χ3n) is 4.40. The number of pyridine rings is 1. The van der Waals surface area contributed by atoms with Crippen LogP contribution in [0.25, 0.3) is 0 Å². The highest BCUT2D eigenvalue weighted by atomic mass is 16.1. The molecule has 4 rings (SSSR count). The van der Waals surface area contributed by atoms with Gasteiger partial charge in [-0.2, -0.15) is 0 Å². The van der Waals surface area contributed by atoms with Gasteiger partial charge in [0.25, 0.3) is 5.56 Å². The second kappa shape index (κ2) is 15.8. The minimum absolute atomic E-state index is 0.0839. The Labute approximate surface area is 177 Å². The molecule has 2 aromatic heterocycles. The van der Waals surface area contributed by atoms with E-state index in [4.69, 9.17) is 0 Å². The van der Waals surface area contributed by atoms with Crippen molar-refractivity contribution in [1.29, 1.82) is 0 Å². The zero-order valence-electron chi connectivity index (χ0n) is 19.7. The molecule has 29 heavy (non-hydrogen) atoms. The predicted octanol–water partition coefficient (Wildman–Crippen LogP) is 3.91. The van der Waals surface area contributed by atoms with Gasteiger partial charge in [-0.25, -0.2) is 9.97 Å². The van der Waals surface area contributed by atoms with E-state index >= 15 is 0 Å². The number of likely N-dealkylation sites (N-methyl/N-ethyl adjacent to an activating group) is 2. The molecule has 0 fully saturated rings. The van der Waals surface area contributed by atoms with Gasteiger partial charge in [-0.15, -0.1) is 0 Å². The van der Waals surface area contributed by atoms with E-state index in [0.717, 1.165) is 44.6 Å². The molecule has 1 N–H and O–H groups in total. The lowest BCUT2D eigenvalue weighted by Crippen LogP contribution is -2.31. The van der Waals surface area contributed by atoms with Crippen LogP contribution >= 0.6 is 0 Å². The first-order chi connectivity index (χ1) is 14.1. The molecule has 0 atom stereocenters. The van der Waals surface area contributed by atoms with Crippen molar-refractivity contribution in [3.05, 3.63) is 57.5 Å². The number of hydrogen-bond acceptors (Lipinski definition) is 5. The van der Waals surface area contributed by atoms with Gasteiger partial charge in [0, 0.05) is 61.8 Å². The molecule has 4 heterocycles. The highest BCUT2D eigenvalue weighted by Gasteiger charge is 2.15. The second-order valence-electron chi connectivity index (χ2n) is 6.28. The molecular formula is C23H41N5O. The lowest BCUT2D eigenvalue weighted by molar-refractivity contribution is 0.309. The standard InChI is InChI=1S/C9H12N2O.C8H11N3.3C2H6/c1-11-5-3-8-7(6-11)2-4-10-9(8)12;1-11-3-2-8-7(5-11)4-9-6-10-8;3*1-2/h2,4H,3,5-6H2,1H3,(H,10,12);4,6H,2-3,5H2,1H3;3*1-2H3. The Balaban J connectivity index is 0.000000432. The molecule has 0 spiro atoms. The van der Waals surface area contributed by atoms with Crippen LogP contribution in [0.3, 0.4) is 0 Å². The Hall–Kier alpha value is -2.05. The van der Waals surface area contributed by atoms with E-state index in [9.17, 15) is 4.79 Å². The van der Waals surface area contributed by atoms with Gasteiger partial charge in [0.15, 0.2) is 0 Å². The van der Waals surface area contributed by atoms with Crippen molar-refractivity contribution >= 4 is 0 Å². The number of hydrogen-bond donors (Lipinski definition) is 1. The van der Waals surface area contributed by atoms with E-state index < -0.39 is 0 Å². The molecule has 0 aliphatic carbocycles. The Kier molecular flexibility index (Phi) is 14.7. The highest BCUT2D eigenvalue weighted by molar-refractivity contribution is 5.25. The summed E-state index contributed by atoms with van der Waals surface area (Å²) in [5, 5.41) is 0. The maximum atomic E-state index is 11.3. The molecule has 2 aromatic rings.